The summed E-state index contributed by atoms with van der Waals surface area (Å²) in [5, 5.41) is 11.0. The fourth-order valence-electron chi connectivity index (χ4n) is 1.64. The first-order valence-electron chi connectivity index (χ1n) is 4.88. The molecule has 0 aliphatic rings. The monoisotopic (exact) mass is 199 g/mol. The molecule has 2 heteroatoms. The summed E-state index contributed by atoms with van der Waals surface area (Å²) in [6.45, 7) is 5.79. The van der Waals surface area contributed by atoms with Gasteiger partial charge >= 0.3 is 0 Å². The first-order valence-corrected chi connectivity index (χ1v) is 4.88. The Morgan fingerprint density at radius 1 is 1.40 bits per heavy atom. The van der Waals surface area contributed by atoms with Gasteiger partial charge in [0.25, 0.3) is 0 Å². The van der Waals surface area contributed by atoms with Gasteiger partial charge in [0, 0.05) is 17.1 Å². The van der Waals surface area contributed by atoms with E-state index in [1.807, 2.05) is 31.2 Å². The third-order valence-corrected chi connectivity index (χ3v) is 2.32. The fourth-order valence-corrected chi connectivity index (χ4v) is 1.64. The molecule has 0 fully saturated rings. The van der Waals surface area contributed by atoms with Gasteiger partial charge in [-0.25, -0.2) is 0 Å². The van der Waals surface area contributed by atoms with E-state index in [9.17, 15) is 5.11 Å². The summed E-state index contributed by atoms with van der Waals surface area (Å²) in [6.07, 6.45) is 2.38. The number of fused-ring (bicyclic) bond motifs is 1. The van der Waals surface area contributed by atoms with Crippen LogP contribution in [0.15, 0.2) is 42.6 Å². The largest absolute Gasteiger partial charge is 0.505 e. The van der Waals surface area contributed by atoms with Crippen molar-refractivity contribution >= 4 is 10.9 Å². The molecule has 0 radical (unpaired) electrons. The molecule has 15 heavy (non-hydrogen) atoms. The standard InChI is InChI=1S/C13H13NO/c1-9(2)8-11-6-5-10-4-3-7-14-12(10)13(11)15/h3-7,15H,1,8H2,2H3. The lowest BCUT2D eigenvalue weighted by Gasteiger charge is -2.06. The highest BCUT2D eigenvalue weighted by Gasteiger charge is 2.06. The van der Waals surface area contributed by atoms with E-state index in [0.717, 1.165) is 16.5 Å². The van der Waals surface area contributed by atoms with Crippen molar-refractivity contribution in [2.24, 2.45) is 0 Å². The third kappa shape index (κ3) is 1.84. The minimum atomic E-state index is 0.274. The summed E-state index contributed by atoms with van der Waals surface area (Å²) in [5.74, 6) is 0.274. The fraction of sp³-hybridized carbons (Fsp3) is 0.154. The number of benzene rings is 1. The minimum Gasteiger partial charge on any atom is -0.505 e. The van der Waals surface area contributed by atoms with Crippen LogP contribution in [0.1, 0.15) is 12.5 Å². The van der Waals surface area contributed by atoms with Crippen LogP contribution in [0.5, 0.6) is 5.75 Å². The van der Waals surface area contributed by atoms with E-state index >= 15 is 0 Å². The van der Waals surface area contributed by atoms with Crippen LogP contribution in [0, 0.1) is 0 Å². The Kier molecular flexibility index (Phi) is 2.42. The number of nitrogens with zero attached hydrogens (tertiary/aromatic N) is 1. The molecular formula is C13H13NO. The SMILES string of the molecule is C=C(C)Cc1ccc2cccnc2c1O. The van der Waals surface area contributed by atoms with Crippen molar-refractivity contribution in [3.05, 3.63) is 48.2 Å². The van der Waals surface area contributed by atoms with Gasteiger partial charge in [0.1, 0.15) is 11.3 Å². The summed E-state index contributed by atoms with van der Waals surface area (Å²) >= 11 is 0. The van der Waals surface area contributed by atoms with Gasteiger partial charge in [0.05, 0.1) is 0 Å². The normalized spacial score (nSPS) is 10.5. The van der Waals surface area contributed by atoms with Crippen LogP contribution in [-0.4, -0.2) is 10.1 Å². The van der Waals surface area contributed by atoms with Crippen LogP contribution in [0.25, 0.3) is 10.9 Å². The molecule has 1 aromatic heterocycles. The molecule has 2 nitrogen and oxygen atoms in total. The average molecular weight is 199 g/mol. The van der Waals surface area contributed by atoms with Gasteiger partial charge in [-0.05, 0) is 19.4 Å². The molecule has 0 unspecified atom stereocenters. The van der Waals surface area contributed by atoms with E-state index in [0.29, 0.717) is 11.9 Å². The molecule has 0 aliphatic heterocycles. The van der Waals surface area contributed by atoms with Crippen LogP contribution in [-0.2, 0) is 6.42 Å². The number of aromatic nitrogens is 1. The van der Waals surface area contributed by atoms with E-state index in [2.05, 4.69) is 11.6 Å². The molecule has 76 valence electrons. The number of pyridine rings is 1. The van der Waals surface area contributed by atoms with E-state index < -0.39 is 0 Å². The first kappa shape index (κ1) is 9.71. The summed E-state index contributed by atoms with van der Waals surface area (Å²) in [4.78, 5) is 4.17. The van der Waals surface area contributed by atoms with E-state index in [-0.39, 0.29) is 5.75 Å². The molecule has 1 aromatic carbocycles. The zero-order valence-corrected chi connectivity index (χ0v) is 8.70. The van der Waals surface area contributed by atoms with E-state index in [1.165, 1.54) is 0 Å². The van der Waals surface area contributed by atoms with Crippen molar-refractivity contribution in [1.29, 1.82) is 0 Å². The first-order chi connectivity index (χ1) is 7.18. The van der Waals surface area contributed by atoms with Crippen molar-refractivity contribution in [3.8, 4) is 5.75 Å². The van der Waals surface area contributed by atoms with Gasteiger partial charge < -0.3 is 5.11 Å². The average Bonchev–Trinajstić information content (AvgIpc) is 2.22. The predicted molar refractivity (Wildman–Crippen MR) is 61.9 cm³/mol. The molecule has 0 amide bonds. The van der Waals surface area contributed by atoms with Crippen molar-refractivity contribution in [1.82, 2.24) is 4.98 Å². The van der Waals surface area contributed by atoms with E-state index in [4.69, 9.17) is 0 Å². The van der Waals surface area contributed by atoms with Gasteiger partial charge in [-0.2, -0.15) is 0 Å². The number of hydrogen-bond donors (Lipinski definition) is 1. The van der Waals surface area contributed by atoms with Crippen molar-refractivity contribution in [3.63, 3.8) is 0 Å². The summed E-state index contributed by atoms with van der Waals surface area (Å²) in [7, 11) is 0. The van der Waals surface area contributed by atoms with Crippen molar-refractivity contribution in [2.45, 2.75) is 13.3 Å². The molecular weight excluding hydrogens is 186 g/mol. The van der Waals surface area contributed by atoms with Crippen LogP contribution in [0.2, 0.25) is 0 Å². The Balaban J connectivity index is 2.59. The zero-order valence-electron chi connectivity index (χ0n) is 8.70. The van der Waals surface area contributed by atoms with E-state index in [1.54, 1.807) is 6.20 Å². The Morgan fingerprint density at radius 3 is 2.93 bits per heavy atom. The summed E-state index contributed by atoms with van der Waals surface area (Å²) < 4.78 is 0. The minimum absolute atomic E-state index is 0.274. The van der Waals surface area contributed by atoms with Crippen LogP contribution in [0.3, 0.4) is 0 Å². The number of allylic oxidation sites excluding steroid dienone is 1. The van der Waals surface area contributed by atoms with Crippen LogP contribution >= 0.6 is 0 Å². The van der Waals surface area contributed by atoms with Crippen LogP contribution in [0.4, 0.5) is 0 Å². The maximum atomic E-state index is 9.99. The van der Waals surface area contributed by atoms with Crippen molar-refractivity contribution in [2.75, 3.05) is 0 Å². The molecule has 0 saturated carbocycles. The molecule has 1 heterocycles. The number of hydrogen-bond acceptors (Lipinski definition) is 2. The quantitative estimate of drug-likeness (QED) is 0.754. The number of phenolic OH excluding ortho intramolecular Hbond substituents is 1. The Hall–Kier alpha value is -1.83. The lowest BCUT2D eigenvalue weighted by molar-refractivity contribution is 0.474. The van der Waals surface area contributed by atoms with Crippen LogP contribution < -0.4 is 0 Å². The summed E-state index contributed by atoms with van der Waals surface area (Å²) in [5.41, 5.74) is 2.57. The predicted octanol–water partition coefficient (Wildman–Crippen LogP) is 3.06. The topological polar surface area (TPSA) is 33.1 Å². The molecule has 0 bridgehead atoms. The van der Waals surface area contributed by atoms with Gasteiger partial charge in [0.2, 0.25) is 0 Å². The van der Waals surface area contributed by atoms with Gasteiger partial charge in [-0.1, -0.05) is 30.4 Å². The maximum absolute atomic E-state index is 9.99. The molecule has 2 rings (SSSR count). The third-order valence-electron chi connectivity index (χ3n) is 2.32. The van der Waals surface area contributed by atoms with Crippen molar-refractivity contribution < 1.29 is 5.11 Å². The number of phenols is 1. The number of aromatic hydroxyl groups is 1. The highest BCUT2D eigenvalue weighted by molar-refractivity contribution is 5.85. The molecule has 0 atom stereocenters. The highest BCUT2D eigenvalue weighted by atomic mass is 16.3. The molecule has 0 saturated heterocycles. The van der Waals surface area contributed by atoms with Gasteiger partial charge in [-0.15, -0.1) is 0 Å². The second-order valence-corrected chi connectivity index (χ2v) is 3.78. The molecule has 0 spiro atoms. The Morgan fingerprint density at radius 2 is 2.20 bits per heavy atom. The smallest absolute Gasteiger partial charge is 0.145 e. The molecule has 0 aliphatic carbocycles. The molecule has 2 aromatic rings. The molecule has 1 N–H and O–H groups in total. The lowest BCUT2D eigenvalue weighted by Crippen LogP contribution is -1.89. The second-order valence-electron chi connectivity index (χ2n) is 3.78. The second kappa shape index (κ2) is 3.73. The highest BCUT2D eigenvalue weighted by Crippen LogP contribution is 2.27. The Bertz CT molecular complexity index is 517. The number of rotatable bonds is 2. The maximum Gasteiger partial charge on any atom is 0.145 e. The zero-order chi connectivity index (χ0) is 10.8. The summed E-state index contributed by atoms with van der Waals surface area (Å²) in [6, 6.07) is 7.70. The Labute approximate surface area is 88.9 Å². The lowest BCUT2D eigenvalue weighted by atomic mass is 10.0. The van der Waals surface area contributed by atoms with Gasteiger partial charge in [0.15, 0.2) is 0 Å². The van der Waals surface area contributed by atoms with Gasteiger partial charge in [-0.3, -0.25) is 4.98 Å².